The minimum atomic E-state index is -1.45. The summed E-state index contributed by atoms with van der Waals surface area (Å²) in [6.07, 6.45) is -2.56. The first-order valence-electron chi connectivity index (χ1n) is 10.1. The third kappa shape index (κ3) is 11.6. The van der Waals surface area contributed by atoms with E-state index in [1.54, 1.807) is 62.3 Å². The zero-order valence-corrected chi connectivity index (χ0v) is 20.7. The molecule has 3 amide bonds. The Labute approximate surface area is 185 Å². The minimum Gasteiger partial charge on any atom is -0.458 e. The summed E-state index contributed by atoms with van der Waals surface area (Å²) >= 11 is 0. The van der Waals surface area contributed by atoms with Crippen LogP contribution in [0.15, 0.2) is 0 Å². The lowest BCUT2D eigenvalue weighted by atomic mass is 10.1. The zero-order chi connectivity index (χ0) is 24.8. The summed E-state index contributed by atoms with van der Waals surface area (Å²) in [5.41, 5.74) is -2.78. The fourth-order valence-electron chi connectivity index (χ4n) is 2.19. The second kappa shape index (κ2) is 10.8. The van der Waals surface area contributed by atoms with Gasteiger partial charge in [-0.2, -0.15) is 4.90 Å². The van der Waals surface area contributed by atoms with E-state index in [-0.39, 0.29) is 12.8 Å². The highest BCUT2D eigenvalue weighted by molar-refractivity contribution is 5.94. The number of amides is 3. The van der Waals surface area contributed by atoms with Crippen molar-refractivity contribution in [1.82, 2.24) is 9.96 Å². The van der Waals surface area contributed by atoms with Crippen molar-refractivity contribution in [1.29, 1.82) is 0 Å². The van der Waals surface area contributed by atoms with Crippen LogP contribution in [0.25, 0.3) is 0 Å². The molecule has 0 aromatic heterocycles. The average Bonchev–Trinajstić information content (AvgIpc) is 2.51. The van der Waals surface area contributed by atoms with E-state index in [0.29, 0.717) is 4.90 Å². The van der Waals surface area contributed by atoms with Crippen LogP contribution in [0.2, 0.25) is 0 Å². The smallest absolute Gasteiger partial charge is 0.420 e. The molecule has 0 aromatic carbocycles. The molecule has 0 radical (unpaired) electrons. The van der Waals surface area contributed by atoms with Crippen LogP contribution in [0, 0.1) is 0 Å². The van der Waals surface area contributed by atoms with Crippen molar-refractivity contribution in [2.75, 3.05) is 14.2 Å². The first-order chi connectivity index (χ1) is 13.8. The van der Waals surface area contributed by atoms with Gasteiger partial charge in [-0.25, -0.2) is 19.4 Å². The number of hydrogen-bond acceptors (Lipinski definition) is 8. The van der Waals surface area contributed by atoms with E-state index in [9.17, 15) is 19.2 Å². The van der Waals surface area contributed by atoms with Crippen molar-refractivity contribution in [3.05, 3.63) is 0 Å². The number of imide groups is 1. The number of carbonyl (C=O) groups excluding carboxylic acids is 4. The Bertz CT molecular complexity index is 628. The molecule has 0 saturated heterocycles. The maximum Gasteiger partial charge on any atom is 0.420 e. The SMILES string of the molecule is CON(C)C(=O)CC[C@@H](C(=O)OC(C)(C)C)N(C(=O)OC(C)(C)C)C(=O)OC(C)(C)C. The summed E-state index contributed by atoms with van der Waals surface area (Å²) in [5.74, 6) is -1.32. The van der Waals surface area contributed by atoms with Gasteiger partial charge in [0.05, 0.1) is 7.11 Å². The van der Waals surface area contributed by atoms with Gasteiger partial charge >= 0.3 is 18.2 Å². The normalized spacial score (nSPS) is 13.1. The van der Waals surface area contributed by atoms with E-state index in [0.717, 1.165) is 5.06 Å². The molecule has 1 atom stereocenters. The Morgan fingerprint density at radius 3 is 1.45 bits per heavy atom. The van der Waals surface area contributed by atoms with Crippen LogP contribution in [-0.2, 0) is 28.6 Å². The Hall–Kier alpha value is -2.36. The Kier molecular flexibility index (Phi) is 9.97. The Morgan fingerprint density at radius 2 is 1.13 bits per heavy atom. The highest BCUT2D eigenvalue weighted by atomic mass is 16.7. The number of hydroxylamine groups is 2. The summed E-state index contributed by atoms with van der Waals surface area (Å²) in [7, 11) is 2.72. The number of nitrogens with zero attached hydrogens (tertiary/aromatic N) is 2. The van der Waals surface area contributed by atoms with Gasteiger partial charge in [0.15, 0.2) is 0 Å². The molecule has 0 bridgehead atoms. The zero-order valence-electron chi connectivity index (χ0n) is 20.7. The predicted octanol–water partition coefficient (Wildman–Crippen LogP) is 3.67. The lowest BCUT2D eigenvalue weighted by molar-refractivity contribution is -0.170. The van der Waals surface area contributed by atoms with E-state index in [1.165, 1.54) is 14.2 Å². The van der Waals surface area contributed by atoms with E-state index < -0.39 is 46.9 Å². The first-order valence-corrected chi connectivity index (χ1v) is 10.1. The van der Waals surface area contributed by atoms with Crippen molar-refractivity contribution < 1.29 is 38.2 Å². The summed E-state index contributed by atoms with van der Waals surface area (Å²) < 4.78 is 16.1. The van der Waals surface area contributed by atoms with E-state index in [2.05, 4.69) is 0 Å². The lowest BCUT2D eigenvalue weighted by Gasteiger charge is -2.33. The number of carbonyl (C=O) groups is 4. The van der Waals surface area contributed by atoms with E-state index in [4.69, 9.17) is 19.0 Å². The van der Waals surface area contributed by atoms with Gasteiger partial charge < -0.3 is 14.2 Å². The molecule has 0 aromatic rings. The molecule has 0 fully saturated rings. The number of ether oxygens (including phenoxy) is 3. The van der Waals surface area contributed by atoms with Crippen LogP contribution in [-0.4, -0.2) is 71.0 Å². The van der Waals surface area contributed by atoms with Crippen LogP contribution in [0.4, 0.5) is 9.59 Å². The van der Waals surface area contributed by atoms with Gasteiger partial charge in [-0.1, -0.05) is 0 Å². The van der Waals surface area contributed by atoms with Crippen LogP contribution < -0.4 is 0 Å². The van der Waals surface area contributed by atoms with Gasteiger partial charge in [-0.15, -0.1) is 0 Å². The van der Waals surface area contributed by atoms with Crippen molar-refractivity contribution in [3.63, 3.8) is 0 Å². The fourth-order valence-corrected chi connectivity index (χ4v) is 2.19. The highest BCUT2D eigenvalue weighted by Crippen LogP contribution is 2.22. The maximum atomic E-state index is 13.0. The minimum absolute atomic E-state index is 0.198. The number of hydrogen-bond donors (Lipinski definition) is 0. The molecule has 0 rings (SSSR count). The summed E-state index contributed by atoms with van der Waals surface area (Å²) in [4.78, 5) is 56.4. The fraction of sp³-hybridized carbons (Fsp3) is 0.810. The second-order valence-electron chi connectivity index (χ2n) is 9.99. The summed E-state index contributed by atoms with van der Waals surface area (Å²) in [6, 6.07) is -1.45. The van der Waals surface area contributed by atoms with Crippen LogP contribution >= 0.6 is 0 Å². The van der Waals surface area contributed by atoms with Gasteiger partial charge in [0.2, 0.25) is 5.91 Å². The Morgan fingerprint density at radius 1 is 0.742 bits per heavy atom. The highest BCUT2D eigenvalue weighted by Gasteiger charge is 2.42. The topological polar surface area (TPSA) is 112 Å². The maximum absolute atomic E-state index is 13.0. The predicted molar refractivity (Wildman–Crippen MR) is 113 cm³/mol. The van der Waals surface area contributed by atoms with Gasteiger partial charge in [0.25, 0.3) is 0 Å². The van der Waals surface area contributed by atoms with Crippen molar-refractivity contribution in [2.45, 2.75) is 98.0 Å². The molecular formula is C21H38N2O8. The molecule has 31 heavy (non-hydrogen) atoms. The van der Waals surface area contributed by atoms with E-state index in [1.807, 2.05) is 0 Å². The van der Waals surface area contributed by atoms with Crippen LogP contribution in [0.3, 0.4) is 0 Å². The molecule has 0 aliphatic rings. The largest absolute Gasteiger partial charge is 0.458 e. The molecule has 0 spiro atoms. The molecule has 0 N–H and O–H groups in total. The van der Waals surface area contributed by atoms with Crippen LogP contribution in [0.1, 0.15) is 75.2 Å². The molecule has 0 unspecified atom stereocenters. The molecular weight excluding hydrogens is 408 g/mol. The van der Waals surface area contributed by atoms with E-state index >= 15 is 0 Å². The molecule has 0 heterocycles. The average molecular weight is 447 g/mol. The van der Waals surface area contributed by atoms with Crippen molar-refractivity contribution in [2.24, 2.45) is 0 Å². The van der Waals surface area contributed by atoms with Crippen molar-refractivity contribution >= 4 is 24.1 Å². The molecule has 10 nitrogen and oxygen atoms in total. The standard InChI is InChI=1S/C21H38N2O8/c1-19(2,3)29-16(25)14(12-13-15(24)22(10)28-11)23(17(26)30-20(4,5)6)18(27)31-21(7,8)9/h14H,12-13H2,1-11H3/t14-/m0/s1. The van der Waals surface area contributed by atoms with Gasteiger partial charge in [-0.3, -0.25) is 9.63 Å². The van der Waals surface area contributed by atoms with Crippen LogP contribution in [0.5, 0.6) is 0 Å². The number of esters is 1. The number of rotatable bonds is 6. The molecule has 0 aliphatic heterocycles. The molecule has 0 saturated carbocycles. The van der Waals surface area contributed by atoms with Gasteiger partial charge in [0.1, 0.15) is 22.8 Å². The van der Waals surface area contributed by atoms with Crippen molar-refractivity contribution in [3.8, 4) is 0 Å². The lowest BCUT2D eigenvalue weighted by Crippen LogP contribution is -2.53. The first kappa shape index (κ1) is 28.6. The summed E-state index contributed by atoms with van der Waals surface area (Å²) in [6.45, 7) is 14.7. The monoisotopic (exact) mass is 446 g/mol. The quantitative estimate of drug-likeness (QED) is 0.345. The molecule has 180 valence electrons. The van der Waals surface area contributed by atoms with Gasteiger partial charge in [-0.05, 0) is 68.7 Å². The molecule has 0 aliphatic carbocycles. The Balaban J connectivity index is 6.13. The third-order valence-corrected chi connectivity index (χ3v) is 3.43. The van der Waals surface area contributed by atoms with Gasteiger partial charge in [0, 0.05) is 13.5 Å². The molecule has 10 heteroatoms. The second-order valence-corrected chi connectivity index (χ2v) is 9.99. The summed E-state index contributed by atoms with van der Waals surface area (Å²) in [5, 5.41) is 0.984. The third-order valence-electron chi connectivity index (χ3n) is 3.43.